The fourth-order valence-corrected chi connectivity index (χ4v) is 5.53. The predicted molar refractivity (Wildman–Crippen MR) is 128 cm³/mol. The molecule has 0 aliphatic carbocycles. The van der Waals surface area contributed by atoms with Crippen molar-refractivity contribution in [1.29, 1.82) is 0 Å². The largest absolute Gasteiger partial charge is 0.493 e. The number of aryl methyl sites for hydroxylation is 1. The molecule has 0 saturated carbocycles. The second-order valence-electron chi connectivity index (χ2n) is 9.12. The van der Waals surface area contributed by atoms with Crippen LogP contribution in [-0.2, 0) is 17.6 Å². The lowest BCUT2D eigenvalue weighted by atomic mass is 9.87. The number of ether oxygens (including phenoxy) is 3. The topological polar surface area (TPSA) is 46.7 Å². The zero-order chi connectivity index (χ0) is 21.9. The van der Waals surface area contributed by atoms with E-state index in [1.807, 2.05) is 0 Å². The van der Waals surface area contributed by atoms with E-state index in [-0.39, 0.29) is 0 Å². The van der Waals surface area contributed by atoms with Gasteiger partial charge in [0.05, 0.1) is 14.2 Å². The van der Waals surface area contributed by atoms with E-state index < -0.39 is 0 Å². The van der Waals surface area contributed by atoms with Crippen molar-refractivity contribution in [2.75, 3.05) is 40.5 Å². The molecular weight excluding hydrogens is 400 g/mol. The Labute approximate surface area is 190 Å². The van der Waals surface area contributed by atoms with E-state index in [0.717, 1.165) is 63.0 Å². The molecule has 5 heteroatoms. The lowest BCUT2D eigenvalue weighted by molar-refractivity contribution is 0.0423. The van der Waals surface area contributed by atoms with E-state index in [1.165, 1.54) is 40.4 Å². The molecular formula is C27H34N2O3. The third-order valence-electron chi connectivity index (χ3n) is 7.31. The van der Waals surface area contributed by atoms with Crippen molar-refractivity contribution in [2.45, 2.75) is 38.1 Å². The number of benzene rings is 2. The van der Waals surface area contributed by atoms with Gasteiger partial charge in [-0.3, -0.25) is 4.90 Å². The average molecular weight is 435 g/mol. The Morgan fingerprint density at radius 1 is 1.06 bits per heavy atom. The molecule has 1 N–H and O–H groups in total. The monoisotopic (exact) mass is 434 g/mol. The number of methoxy groups -OCH3 is 2. The average Bonchev–Trinajstić information content (AvgIpc) is 3.26. The number of nitrogens with one attached hydrogen (secondary N) is 1. The third kappa shape index (κ3) is 4.24. The molecule has 5 rings (SSSR count). The predicted octanol–water partition coefficient (Wildman–Crippen LogP) is 5.14. The lowest BCUT2D eigenvalue weighted by Crippen LogP contribution is -2.40. The Hall–Kier alpha value is -2.50. The number of rotatable bonds is 7. The van der Waals surface area contributed by atoms with Gasteiger partial charge in [-0.15, -0.1) is 0 Å². The molecule has 3 aromatic rings. The van der Waals surface area contributed by atoms with Crippen molar-refractivity contribution in [2.24, 2.45) is 5.92 Å². The van der Waals surface area contributed by atoms with E-state index in [9.17, 15) is 0 Å². The molecule has 0 bridgehead atoms. The summed E-state index contributed by atoms with van der Waals surface area (Å²) in [5.74, 6) is 2.39. The second-order valence-corrected chi connectivity index (χ2v) is 9.12. The number of H-pyrrole nitrogens is 1. The van der Waals surface area contributed by atoms with Gasteiger partial charge in [0.15, 0.2) is 11.5 Å². The van der Waals surface area contributed by atoms with E-state index in [0.29, 0.717) is 6.04 Å². The van der Waals surface area contributed by atoms with Crippen LogP contribution in [0.4, 0.5) is 0 Å². The maximum atomic E-state index is 5.68. The highest BCUT2D eigenvalue weighted by molar-refractivity contribution is 5.83. The van der Waals surface area contributed by atoms with Gasteiger partial charge in [0.25, 0.3) is 0 Å². The molecule has 1 aromatic heterocycles. The Bertz CT molecular complexity index is 1050. The first-order valence-corrected chi connectivity index (χ1v) is 11.9. The SMILES string of the molecule is COc1cc2c(cc1OC)[C@H](CCc1c[nH]c3ccccc13)N(CC1CCOCC1)CC2. The summed E-state index contributed by atoms with van der Waals surface area (Å²) in [4.78, 5) is 6.16. The minimum absolute atomic E-state index is 0.384. The number of aromatic nitrogens is 1. The fraction of sp³-hybridized carbons (Fsp3) is 0.481. The summed E-state index contributed by atoms with van der Waals surface area (Å²) in [6, 6.07) is 13.4. The quantitative estimate of drug-likeness (QED) is 0.559. The normalized spacial score (nSPS) is 19.8. The third-order valence-corrected chi connectivity index (χ3v) is 7.31. The number of nitrogens with zero attached hydrogens (tertiary/aromatic N) is 1. The summed E-state index contributed by atoms with van der Waals surface area (Å²) >= 11 is 0. The summed E-state index contributed by atoms with van der Waals surface area (Å²) in [6.45, 7) is 4.05. The molecule has 0 radical (unpaired) electrons. The fourth-order valence-electron chi connectivity index (χ4n) is 5.53. The van der Waals surface area contributed by atoms with Gasteiger partial charge in [-0.2, -0.15) is 0 Å². The number of para-hydroxylation sites is 1. The van der Waals surface area contributed by atoms with Crippen LogP contribution in [0.2, 0.25) is 0 Å². The minimum Gasteiger partial charge on any atom is -0.493 e. The molecule has 0 unspecified atom stereocenters. The number of hydrogen-bond donors (Lipinski definition) is 1. The molecule has 1 fully saturated rings. The van der Waals surface area contributed by atoms with Crippen LogP contribution < -0.4 is 9.47 Å². The first-order chi connectivity index (χ1) is 15.8. The Morgan fingerprint density at radius 2 is 1.84 bits per heavy atom. The van der Waals surface area contributed by atoms with Gasteiger partial charge < -0.3 is 19.2 Å². The molecule has 3 heterocycles. The van der Waals surface area contributed by atoms with Gasteiger partial charge >= 0.3 is 0 Å². The highest BCUT2D eigenvalue weighted by atomic mass is 16.5. The lowest BCUT2D eigenvalue weighted by Gasteiger charge is -2.40. The summed E-state index contributed by atoms with van der Waals surface area (Å²) in [7, 11) is 3.45. The van der Waals surface area contributed by atoms with Crippen LogP contribution >= 0.6 is 0 Å². The first kappa shape index (κ1) is 21.4. The highest BCUT2D eigenvalue weighted by Crippen LogP contribution is 2.41. The molecule has 0 spiro atoms. The molecule has 2 aliphatic heterocycles. The van der Waals surface area contributed by atoms with Gasteiger partial charge in [0, 0.05) is 49.4 Å². The van der Waals surface area contributed by atoms with Crippen LogP contribution in [0.15, 0.2) is 42.6 Å². The summed E-state index contributed by atoms with van der Waals surface area (Å²) in [5.41, 5.74) is 5.42. The maximum absolute atomic E-state index is 5.68. The Balaban J connectivity index is 1.44. The molecule has 170 valence electrons. The Morgan fingerprint density at radius 3 is 2.66 bits per heavy atom. The summed E-state index contributed by atoms with van der Waals surface area (Å²) in [5, 5.41) is 1.34. The van der Waals surface area contributed by atoms with Crippen LogP contribution in [0.1, 0.15) is 42.0 Å². The van der Waals surface area contributed by atoms with E-state index in [4.69, 9.17) is 14.2 Å². The molecule has 1 atom stereocenters. The highest BCUT2D eigenvalue weighted by Gasteiger charge is 2.31. The van der Waals surface area contributed by atoms with E-state index in [2.05, 4.69) is 52.5 Å². The minimum atomic E-state index is 0.384. The second kappa shape index (κ2) is 9.55. The Kier molecular flexibility index (Phi) is 6.37. The number of hydrogen-bond acceptors (Lipinski definition) is 4. The van der Waals surface area contributed by atoms with Crippen molar-refractivity contribution in [1.82, 2.24) is 9.88 Å². The van der Waals surface area contributed by atoms with Crippen LogP contribution in [0.3, 0.4) is 0 Å². The maximum Gasteiger partial charge on any atom is 0.161 e. The van der Waals surface area contributed by atoms with Crippen molar-refractivity contribution in [3.05, 3.63) is 59.3 Å². The van der Waals surface area contributed by atoms with Crippen molar-refractivity contribution < 1.29 is 14.2 Å². The first-order valence-electron chi connectivity index (χ1n) is 11.9. The van der Waals surface area contributed by atoms with Crippen LogP contribution in [-0.4, -0.2) is 50.4 Å². The van der Waals surface area contributed by atoms with Crippen molar-refractivity contribution in [3.63, 3.8) is 0 Å². The van der Waals surface area contributed by atoms with Gasteiger partial charge in [0.2, 0.25) is 0 Å². The number of fused-ring (bicyclic) bond motifs is 2. The molecule has 5 nitrogen and oxygen atoms in total. The van der Waals surface area contributed by atoms with Gasteiger partial charge in [-0.1, -0.05) is 18.2 Å². The number of aromatic amines is 1. The van der Waals surface area contributed by atoms with Crippen molar-refractivity contribution in [3.8, 4) is 11.5 Å². The van der Waals surface area contributed by atoms with E-state index >= 15 is 0 Å². The molecule has 2 aliphatic rings. The molecule has 32 heavy (non-hydrogen) atoms. The van der Waals surface area contributed by atoms with Crippen molar-refractivity contribution >= 4 is 10.9 Å². The van der Waals surface area contributed by atoms with Gasteiger partial charge in [0.1, 0.15) is 0 Å². The summed E-state index contributed by atoms with van der Waals surface area (Å²) in [6.07, 6.45) is 7.73. The van der Waals surface area contributed by atoms with Gasteiger partial charge in [-0.25, -0.2) is 0 Å². The standard InChI is InChI=1S/C27H34N2O3/c1-30-26-15-20-9-12-29(18-19-10-13-32-14-11-19)25(23(20)16-27(26)31-2)8-7-21-17-28-24-6-4-3-5-22(21)24/h3-6,15-17,19,25,28H,7-14,18H2,1-2H3/t25-/m0/s1. The van der Waals surface area contributed by atoms with Crippen LogP contribution in [0, 0.1) is 5.92 Å². The summed E-state index contributed by atoms with van der Waals surface area (Å²) < 4.78 is 16.9. The van der Waals surface area contributed by atoms with E-state index in [1.54, 1.807) is 14.2 Å². The molecule has 2 aromatic carbocycles. The zero-order valence-electron chi connectivity index (χ0n) is 19.2. The zero-order valence-corrected chi connectivity index (χ0v) is 19.2. The molecule has 0 amide bonds. The van der Waals surface area contributed by atoms with Gasteiger partial charge in [-0.05, 0) is 72.9 Å². The molecule has 1 saturated heterocycles. The van der Waals surface area contributed by atoms with Crippen LogP contribution in [0.5, 0.6) is 11.5 Å². The smallest absolute Gasteiger partial charge is 0.161 e. The van der Waals surface area contributed by atoms with Crippen LogP contribution in [0.25, 0.3) is 10.9 Å².